The van der Waals surface area contributed by atoms with Crippen molar-refractivity contribution >= 4 is 5.91 Å². The van der Waals surface area contributed by atoms with Gasteiger partial charge in [-0.3, -0.25) is 4.79 Å². The van der Waals surface area contributed by atoms with Crippen molar-refractivity contribution in [3.63, 3.8) is 0 Å². The number of rotatable bonds is 8. The summed E-state index contributed by atoms with van der Waals surface area (Å²) in [6, 6.07) is 9.42. The van der Waals surface area contributed by atoms with Crippen LogP contribution in [-0.2, 0) is 11.3 Å². The lowest BCUT2D eigenvalue weighted by atomic mass is 10.2. The van der Waals surface area contributed by atoms with E-state index in [2.05, 4.69) is 10.3 Å². The zero-order chi connectivity index (χ0) is 14.9. The molecular weight excluding hydrogens is 266 g/mol. The smallest absolute Gasteiger partial charge is 0.261 e. The molecule has 5 nitrogen and oxygen atoms in total. The van der Waals surface area contributed by atoms with Crippen LogP contribution >= 0.6 is 0 Å². The zero-order valence-corrected chi connectivity index (χ0v) is 12.2. The molecule has 0 saturated heterocycles. The highest BCUT2D eigenvalue weighted by Gasteiger charge is 2.17. The lowest BCUT2D eigenvalue weighted by molar-refractivity contribution is -0.128. The number of hydrogen-bond donors (Lipinski definition) is 1. The fraction of sp³-hybridized carbons (Fsp3) is 0.375. The Morgan fingerprint density at radius 1 is 1.38 bits per heavy atom. The number of ether oxygens (including phenoxy) is 1. The van der Waals surface area contributed by atoms with E-state index in [1.54, 1.807) is 12.5 Å². The van der Waals surface area contributed by atoms with Crippen LogP contribution < -0.4 is 10.1 Å². The maximum Gasteiger partial charge on any atom is 0.261 e. The molecule has 21 heavy (non-hydrogen) atoms. The summed E-state index contributed by atoms with van der Waals surface area (Å²) in [6.07, 6.45) is 6.50. The topological polar surface area (TPSA) is 56.1 Å². The first-order chi connectivity index (χ1) is 10.3. The second-order valence-corrected chi connectivity index (χ2v) is 4.77. The number of aryl methyl sites for hydroxylation is 1. The van der Waals surface area contributed by atoms with Gasteiger partial charge in [0.15, 0.2) is 6.10 Å². The number of carbonyl (C=O) groups is 1. The van der Waals surface area contributed by atoms with E-state index in [0.717, 1.165) is 18.7 Å². The Labute approximate surface area is 125 Å². The van der Waals surface area contributed by atoms with E-state index in [4.69, 9.17) is 4.74 Å². The molecule has 1 aromatic carbocycles. The van der Waals surface area contributed by atoms with E-state index in [0.29, 0.717) is 13.0 Å². The van der Waals surface area contributed by atoms with Gasteiger partial charge in [0.05, 0.1) is 6.33 Å². The summed E-state index contributed by atoms with van der Waals surface area (Å²) < 4.78 is 7.69. The first-order valence-electron chi connectivity index (χ1n) is 7.24. The van der Waals surface area contributed by atoms with Gasteiger partial charge in [-0.15, -0.1) is 0 Å². The molecule has 1 N–H and O–H groups in total. The standard InChI is InChI=1S/C16H21N3O2/c1-2-15(21-14-7-4-3-5-8-14)16(20)18-9-6-11-19-12-10-17-13-19/h3-5,7-8,10,12-13,15H,2,6,9,11H2,1H3,(H,18,20)/t15-/m0/s1. The summed E-state index contributed by atoms with van der Waals surface area (Å²) in [5.74, 6) is 0.657. The number of nitrogens with one attached hydrogen (secondary N) is 1. The van der Waals surface area contributed by atoms with Crippen LogP contribution in [0.15, 0.2) is 49.1 Å². The molecule has 0 aliphatic carbocycles. The number of benzene rings is 1. The molecule has 0 bridgehead atoms. The van der Waals surface area contributed by atoms with Crippen LogP contribution in [0.25, 0.3) is 0 Å². The maximum absolute atomic E-state index is 12.1. The van der Waals surface area contributed by atoms with Crippen molar-refractivity contribution in [3.05, 3.63) is 49.1 Å². The van der Waals surface area contributed by atoms with E-state index in [1.807, 2.05) is 48.0 Å². The number of hydrogen-bond acceptors (Lipinski definition) is 3. The average molecular weight is 287 g/mol. The number of carbonyl (C=O) groups excluding carboxylic acids is 1. The van der Waals surface area contributed by atoms with Crippen molar-refractivity contribution in [2.45, 2.75) is 32.4 Å². The summed E-state index contributed by atoms with van der Waals surface area (Å²) in [7, 11) is 0. The van der Waals surface area contributed by atoms with E-state index in [1.165, 1.54) is 0 Å². The van der Waals surface area contributed by atoms with E-state index >= 15 is 0 Å². The normalized spacial score (nSPS) is 11.9. The van der Waals surface area contributed by atoms with Gasteiger partial charge in [-0.1, -0.05) is 25.1 Å². The summed E-state index contributed by atoms with van der Waals surface area (Å²) in [4.78, 5) is 16.1. The molecule has 1 atom stereocenters. The molecule has 0 saturated carbocycles. The molecule has 5 heteroatoms. The SMILES string of the molecule is CC[C@H](Oc1ccccc1)C(=O)NCCCn1ccnc1. The first kappa shape index (κ1) is 15.1. The predicted molar refractivity (Wildman–Crippen MR) is 81.0 cm³/mol. The van der Waals surface area contributed by atoms with Gasteiger partial charge < -0.3 is 14.6 Å². The monoisotopic (exact) mass is 287 g/mol. The summed E-state index contributed by atoms with van der Waals surface area (Å²) in [5.41, 5.74) is 0. The number of nitrogens with zero attached hydrogens (tertiary/aromatic N) is 2. The Morgan fingerprint density at radius 2 is 2.19 bits per heavy atom. The van der Waals surface area contributed by atoms with E-state index in [9.17, 15) is 4.79 Å². The summed E-state index contributed by atoms with van der Waals surface area (Å²) >= 11 is 0. The lowest BCUT2D eigenvalue weighted by Gasteiger charge is -2.17. The summed E-state index contributed by atoms with van der Waals surface area (Å²) in [6.45, 7) is 3.42. The molecule has 0 unspecified atom stereocenters. The van der Waals surface area contributed by atoms with Gasteiger partial charge in [0.25, 0.3) is 5.91 Å². The van der Waals surface area contributed by atoms with Crippen LogP contribution in [0.4, 0.5) is 0 Å². The van der Waals surface area contributed by atoms with Crippen molar-refractivity contribution in [2.24, 2.45) is 0 Å². The Hall–Kier alpha value is -2.30. The fourth-order valence-electron chi connectivity index (χ4n) is 1.99. The number of amides is 1. The number of aromatic nitrogens is 2. The van der Waals surface area contributed by atoms with Gasteiger partial charge in [0.2, 0.25) is 0 Å². The molecule has 1 amide bonds. The minimum absolute atomic E-state index is 0.0630. The molecule has 0 aliphatic rings. The van der Waals surface area contributed by atoms with E-state index < -0.39 is 6.10 Å². The molecule has 2 aromatic rings. The van der Waals surface area contributed by atoms with Gasteiger partial charge in [-0.25, -0.2) is 4.98 Å². The van der Waals surface area contributed by atoms with Crippen LogP contribution in [-0.4, -0.2) is 28.1 Å². The van der Waals surface area contributed by atoms with Crippen molar-refractivity contribution in [1.29, 1.82) is 0 Å². The highest BCUT2D eigenvalue weighted by atomic mass is 16.5. The molecule has 1 heterocycles. The molecule has 0 aliphatic heterocycles. The largest absolute Gasteiger partial charge is 0.481 e. The van der Waals surface area contributed by atoms with Crippen molar-refractivity contribution in [1.82, 2.24) is 14.9 Å². The average Bonchev–Trinajstić information content (AvgIpc) is 3.03. The highest BCUT2D eigenvalue weighted by molar-refractivity contribution is 5.81. The number of imidazole rings is 1. The Morgan fingerprint density at radius 3 is 2.86 bits per heavy atom. The second kappa shape index (κ2) is 8.09. The third kappa shape index (κ3) is 4.95. The first-order valence-corrected chi connectivity index (χ1v) is 7.24. The quantitative estimate of drug-likeness (QED) is 0.758. The highest BCUT2D eigenvalue weighted by Crippen LogP contribution is 2.12. The Bertz CT molecular complexity index is 526. The van der Waals surface area contributed by atoms with E-state index in [-0.39, 0.29) is 5.91 Å². The third-order valence-corrected chi connectivity index (χ3v) is 3.14. The van der Waals surface area contributed by atoms with Gasteiger partial charge in [-0.05, 0) is 25.0 Å². The second-order valence-electron chi connectivity index (χ2n) is 4.77. The minimum atomic E-state index is -0.444. The van der Waals surface area contributed by atoms with Gasteiger partial charge >= 0.3 is 0 Å². The van der Waals surface area contributed by atoms with Crippen LogP contribution in [0.5, 0.6) is 5.75 Å². The lowest BCUT2D eigenvalue weighted by Crippen LogP contribution is -2.38. The van der Waals surface area contributed by atoms with Crippen LogP contribution in [0.1, 0.15) is 19.8 Å². The Kier molecular flexibility index (Phi) is 5.82. The molecule has 1 aromatic heterocycles. The van der Waals surface area contributed by atoms with Crippen molar-refractivity contribution < 1.29 is 9.53 Å². The fourth-order valence-corrected chi connectivity index (χ4v) is 1.99. The van der Waals surface area contributed by atoms with Gasteiger partial charge in [0, 0.05) is 25.5 Å². The van der Waals surface area contributed by atoms with Crippen molar-refractivity contribution in [2.75, 3.05) is 6.54 Å². The van der Waals surface area contributed by atoms with Gasteiger partial charge in [0.1, 0.15) is 5.75 Å². The molecule has 112 valence electrons. The minimum Gasteiger partial charge on any atom is -0.481 e. The molecule has 2 rings (SSSR count). The van der Waals surface area contributed by atoms with Crippen LogP contribution in [0.2, 0.25) is 0 Å². The molecule has 0 radical (unpaired) electrons. The molecule has 0 fully saturated rings. The zero-order valence-electron chi connectivity index (χ0n) is 12.2. The predicted octanol–water partition coefficient (Wildman–Crippen LogP) is 2.25. The maximum atomic E-state index is 12.1. The number of para-hydroxylation sites is 1. The molecule has 0 spiro atoms. The molecular formula is C16H21N3O2. The third-order valence-electron chi connectivity index (χ3n) is 3.14. The van der Waals surface area contributed by atoms with Crippen LogP contribution in [0.3, 0.4) is 0 Å². The Balaban J connectivity index is 1.72. The van der Waals surface area contributed by atoms with Gasteiger partial charge in [-0.2, -0.15) is 0 Å². The van der Waals surface area contributed by atoms with Crippen LogP contribution in [0, 0.1) is 0 Å². The van der Waals surface area contributed by atoms with Crippen molar-refractivity contribution in [3.8, 4) is 5.75 Å². The summed E-state index contributed by atoms with van der Waals surface area (Å²) in [5, 5.41) is 2.92.